The van der Waals surface area contributed by atoms with E-state index in [9.17, 15) is 0 Å². The third-order valence-corrected chi connectivity index (χ3v) is 4.03. The van der Waals surface area contributed by atoms with E-state index in [0.717, 1.165) is 35.1 Å². The van der Waals surface area contributed by atoms with Crippen molar-refractivity contribution in [3.8, 4) is 5.75 Å². The average molecular weight is 340 g/mol. The molecule has 1 aliphatic heterocycles. The number of rotatable bonds is 7. The standard InChI is InChI=1S/C19H24N4O2/c1-13(2)25-15-6-5-14-11-20-19(16(14)9-15)17-10-18(22-12-21-17)23(3)7-8-24-4/h5-6,9-10,12-13H,7-8,11H2,1-4H3. The van der Waals surface area contributed by atoms with E-state index in [1.165, 1.54) is 5.56 Å². The molecular weight excluding hydrogens is 316 g/mol. The lowest BCUT2D eigenvalue weighted by Gasteiger charge is -2.18. The Morgan fingerprint density at radius 2 is 2.04 bits per heavy atom. The van der Waals surface area contributed by atoms with Gasteiger partial charge in [-0.3, -0.25) is 4.99 Å². The first kappa shape index (κ1) is 17.4. The van der Waals surface area contributed by atoms with E-state index in [1.54, 1.807) is 13.4 Å². The summed E-state index contributed by atoms with van der Waals surface area (Å²) in [5.74, 6) is 1.71. The number of benzene rings is 1. The molecule has 132 valence electrons. The second kappa shape index (κ2) is 7.61. The Hall–Kier alpha value is -2.47. The normalized spacial score (nSPS) is 12.9. The summed E-state index contributed by atoms with van der Waals surface area (Å²) in [5.41, 5.74) is 4.00. The van der Waals surface area contributed by atoms with Gasteiger partial charge in [-0.05, 0) is 31.5 Å². The minimum Gasteiger partial charge on any atom is -0.491 e. The largest absolute Gasteiger partial charge is 0.491 e. The quantitative estimate of drug-likeness (QED) is 0.775. The molecule has 0 fully saturated rings. The maximum Gasteiger partial charge on any atom is 0.132 e. The van der Waals surface area contributed by atoms with Gasteiger partial charge in [-0.2, -0.15) is 0 Å². The van der Waals surface area contributed by atoms with E-state index in [2.05, 4.69) is 27.1 Å². The van der Waals surface area contributed by atoms with Gasteiger partial charge in [-0.15, -0.1) is 0 Å². The Balaban J connectivity index is 1.87. The first-order chi connectivity index (χ1) is 12.1. The van der Waals surface area contributed by atoms with Crippen molar-refractivity contribution < 1.29 is 9.47 Å². The van der Waals surface area contributed by atoms with Crippen LogP contribution in [0, 0.1) is 0 Å². The van der Waals surface area contributed by atoms with Gasteiger partial charge in [0.15, 0.2) is 0 Å². The molecule has 0 unspecified atom stereocenters. The molecule has 1 aromatic carbocycles. The van der Waals surface area contributed by atoms with Crippen LogP contribution in [0.5, 0.6) is 5.75 Å². The van der Waals surface area contributed by atoms with Crippen LogP contribution >= 0.6 is 0 Å². The lowest BCUT2D eigenvalue weighted by Crippen LogP contribution is -2.23. The van der Waals surface area contributed by atoms with Gasteiger partial charge < -0.3 is 14.4 Å². The van der Waals surface area contributed by atoms with Gasteiger partial charge in [0.25, 0.3) is 0 Å². The number of aromatic nitrogens is 2. The molecule has 1 aliphatic rings. The summed E-state index contributed by atoms with van der Waals surface area (Å²) in [6, 6.07) is 8.11. The molecular formula is C19H24N4O2. The Morgan fingerprint density at radius 1 is 1.20 bits per heavy atom. The molecule has 0 spiro atoms. The molecule has 0 atom stereocenters. The predicted octanol–water partition coefficient (Wildman–Crippen LogP) is 2.70. The smallest absolute Gasteiger partial charge is 0.132 e. The van der Waals surface area contributed by atoms with Gasteiger partial charge >= 0.3 is 0 Å². The molecule has 0 saturated heterocycles. The monoisotopic (exact) mass is 340 g/mol. The van der Waals surface area contributed by atoms with E-state index in [-0.39, 0.29) is 6.10 Å². The molecule has 0 radical (unpaired) electrons. The second-order valence-corrected chi connectivity index (χ2v) is 6.33. The van der Waals surface area contributed by atoms with Crippen molar-refractivity contribution in [3.63, 3.8) is 0 Å². The van der Waals surface area contributed by atoms with Crippen molar-refractivity contribution >= 4 is 11.5 Å². The Kier molecular flexibility index (Phi) is 5.28. The van der Waals surface area contributed by atoms with Gasteiger partial charge in [0.2, 0.25) is 0 Å². The molecule has 0 saturated carbocycles. The number of ether oxygens (including phenoxy) is 2. The summed E-state index contributed by atoms with van der Waals surface area (Å²) in [6.45, 7) is 6.13. The van der Waals surface area contributed by atoms with Crippen molar-refractivity contribution in [2.24, 2.45) is 4.99 Å². The van der Waals surface area contributed by atoms with E-state index in [4.69, 9.17) is 9.47 Å². The second-order valence-electron chi connectivity index (χ2n) is 6.33. The van der Waals surface area contributed by atoms with E-state index >= 15 is 0 Å². The zero-order valence-electron chi connectivity index (χ0n) is 15.2. The zero-order valence-corrected chi connectivity index (χ0v) is 15.2. The average Bonchev–Trinajstić information content (AvgIpc) is 3.02. The third kappa shape index (κ3) is 3.96. The molecule has 2 heterocycles. The first-order valence-corrected chi connectivity index (χ1v) is 8.45. The van der Waals surface area contributed by atoms with Crippen molar-refractivity contribution in [2.75, 3.05) is 32.2 Å². The van der Waals surface area contributed by atoms with Crippen LogP contribution in [0.2, 0.25) is 0 Å². The minimum absolute atomic E-state index is 0.139. The SMILES string of the molecule is COCCN(C)c1cc(C2=NCc3ccc(OC(C)C)cc32)ncn1. The predicted molar refractivity (Wildman–Crippen MR) is 98.7 cm³/mol. The van der Waals surface area contributed by atoms with Gasteiger partial charge in [-0.1, -0.05) is 6.07 Å². The molecule has 2 aromatic rings. The topological polar surface area (TPSA) is 59.8 Å². The number of fused-ring (bicyclic) bond motifs is 1. The van der Waals surface area contributed by atoms with Crippen molar-refractivity contribution in [3.05, 3.63) is 47.4 Å². The number of nitrogens with zero attached hydrogens (tertiary/aromatic N) is 4. The number of aliphatic imine (C=N–C) groups is 1. The van der Waals surface area contributed by atoms with Crippen molar-refractivity contribution in [1.82, 2.24) is 9.97 Å². The molecule has 6 nitrogen and oxygen atoms in total. The Labute approximate surface area is 148 Å². The van der Waals surface area contributed by atoms with Crippen LogP contribution < -0.4 is 9.64 Å². The lowest BCUT2D eigenvalue weighted by atomic mass is 10.0. The summed E-state index contributed by atoms with van der Waals surface area (Å²) >= 11 is 0. The fourth-order valence-corrected chi connectivity index (χ4v) is 2.76. The molecule has 3 rings (SSSR count). The third-order valence-electron chi connectivity index (χ3n) is 4.03. The Morgan fingerprint density at radius 3 is 2.80 bits per heavy atom. The van der Waals surface area contributed by atoms with Gasteiger partial charge in [-0.25, -0.2) is 9.97 Å². The molecule has 6 heteroatoms. The van der Waals surface area contributed by atoms with E-state index < -0.39 is 0 Å². The van der Waals surface area contributed by atoms with E-state index in [0.29, 0.717) is 13.2 Å². The van der Waals surface area contributed by atoms with Crippen LogP contribution in [-0.2, 0) is 11.3 Å². The van der Waals surface area contributed by atoms with Gasteiger partial charge in [0.1, 0.15) is 17.9 Å². The fraction of sp³-hybridized carbons (Fsp3) is 0.421. The highest BCUT2D eigenvalue weighted by molar-refractivity contribution is 6.14. The minimum atomic E-state index is 0.139. The van der Waals surface area contributed by atoms with Crippen LogP contribution in [-0.4, -0.2) is 49.1 Å². The van der Waals surface area contributed by atoms with Crippen molar-refractivity contribution in [2.45, 2.75) is 26.5 Å². The number of hydrogen-bond donors (Lipinski definition) is 0. The zero-order chi connectivity index (χ0) is 17.8. The van der Waals surface area contributed by atoms with Crippen LogP contribution in [0.3, 0.4) is 0 Å². The molecule has 0 bridgehead atoms. The van der Waals surface area contributed by atoms with Crippen LogP contribution in [0.4, 0.5) is 5.82 Å². The summed E-state index contributed by atoms with van der Waals surface area (Å²) in [5, 5.41) is 0. The number of methoxy groups -OCH3 is 1. The summed E-state index contributed by atoms with van der Waals surface area (Å²) in [4.78, 5) is 15.5. The van der Waals surface area contributed by atoms with E-state index in [1.807, 2.05) is 37.9 Å². The van der Waals surface area contributed by atoms with Gasteiger partial charge in [0.05, 0.1) is 30.7 Å². The number of hydrogen-bond acceptors (Lipinski definition) is 6. The molecule has 1 aromatic heterocycles. The molecule has 0 aliphatic carbocycles. The highest BCUT2D eigenvalue weighted by atomic mass is 16.5. The molecule has 0 N–H and O–H groups in total. The summed E-state index contributed by atoms with van der Waals surface area (Å²) in [7, 11) is 3.68. The van der Waals surface area contributed by atoms with Crippen LogP contribution in [0.25, 0.3) is 0 Å². The van der Waals surface area contributed by atoms with Crippen molar-refractivity contribution in [1.29, 1.82) is 0 Å². The summed E-state index contributed by atoms with van der Waals surface area (Å²) in [6.07, 6.45) is 1.73. The lowest BCUT2D eigenvalue weighted by molar-refractivity contribution is 0.206. The van der Waals surface area contributed by atoms with Gasteiger partial charge in [0, 0.05) is 32.3 Å². The highest BCUT2D eigenvalue weighted by Crippen LogP contribution is 2.27. The number of likely N-dealkylation sites (N-methyl/N-ethyl adjacent to an activating group) is 1. The highest BCUT2D eigenvalue weighted by Gasteiger charge is 2.20. The van der Waals surface area contributed by atoms with Crippen LogP contribution in [0.1, 0.15) is 30.7 Å². The maximum atomic E-state index is 5.82. The fourth-order valence-electron chi connectivity index (χ4n) is 2.76. The first-order valence-electron chi connectivity index (χ1n) is 8.45. The molecule has 0 amide bonds. The summed E-state index contributed by atoms with van der Waals surface area (Å²) < 4.78 is 11.0. The van der Waals surface area contributed by atoms with Crippen LogP contribution in [0.15, 0.2) is 35.6 Å². The Bertz CT molecular complexity index is 774. The maximum absolute atomic E-state index is 5.82. The molecule has 25 heavy (non-hydrogen) atoms. The number of anilines is 1.